The van der Waals surface area contributed by atoms with E-state index in [0.717, 1.165) is 24.4 Å². The molecule has 2 aromatic heterocycles. The van der Waals surface area contributed by atoms with Gasteiger partial charge in [0, 0.05) is 12.7 Å². The van der Waals surface area contributed by atoms with E-state index in [9.17, 15) is 0 Å². The van der Waals surface area contributed by atoms with Crippen molar-refractivity contribution in [3.8, 4) is 5.75 Å². The Hall–Kier alpha value is -2.04. The summed E-state index contributed by atoms with van der Waals surface area (Å²) < 4.78 is 7.62. The number of hydrogen-bond donors (Lipinski definition) is 1. The Labute approximate surface area is 107 Å². The lowest BCUT2D eigenvalue weighted by molar-refractivity contribution is 0.293. The van der Waals surface area contributed by atoms with E-state index >= 15 is 0 Å². The third-order valence-electron chi connectivity index (χ3n) is 2.75. The Kier molecular flexibility index (Phi) is 3.82. The van der Waals surface area contributed by atoms with E-state index in [1.807, 2.05) is 10.7 Å². The van der Waals surface area contributed by atoms with Crippen LogP contribution in [-0.4, -0.2) is 14.8 Å². The summed E-state index contributed by atoms with van der Waals surface area (Å²) in [6, 6.07) is 5.69. The van der Waals surface area contributed by atoms with Gasteiger partial charge in [-0.2, -0.15) is 5.10 Å². The van der Waals surface area contributed by atoms with Crippen LogP contribution in [0.4, 0.5) is 5.82 Å². The van der Waals surface area contributed by atoms with Crippen molar-refractivity contribution in [1.82, 2.24) is 14.8 Å². The van der Waals surface area contributed by atoms with Gasteiger partial charge in [0.25, 0.3) is 0 Å². The quantitative estimate of drug-likeness (QED) is 0.876. The summed E-state index contributed by atoms with van der Waals surface area (Å²) in [5.41, 5.74) is 7.86. The van der Waals surface area contributed by atoms with E-state index in [-0.39, 0.29) is 0 Å². The number of anilines is 1. The Morgan fingerprint density at radius 2 is 2.22 bits per heavy atom. The zero-order valence-electron chi connectivity index (χ0n) is 10.8. The van der Waals surface area contributed by atoms with Crippen molar-refractivity contribution in [3.63, 3.8) is 0 Å². The maximum absolute atomic E-state index is 5.73. The van der Waals surface area contributed by atoms with Crippen molar-refractivity contribution in [3.05, 3.63) is 35.8 Å². The van der Waals surface area contributed by atoms with Crippen LogP contribution in [0.25, 0.3) is 0 Å². The Morgan fingerprint density at radius 3 is 2.89 bits per heavy atom. The summed E-state index contributed by atoms with van der Waals surface area (Å²) in [4.78, 5) is 3.99. The van der Waals surface area contributed by atoms with Gasteiger partial charge in [-0.05, 0) is 31.5 Å². The molecule has 0 atom stereocenters. The Bertz CT molecular complexity index is 521. The van der Waals surface area contributed by atoms with Crippen LogP contribution >= 0.6 is 0 Å². The summed E-state index contributed by atoms with van der Waals surface area (Å²) in [5, 5.41) is 4.47. The van der Waals surface area contributed by atoms with E-state index in [0.29, 0.717) is 18.2 Å². The van der Waals surface area contributed by atoms with Gasteiger partial charge in [0.15, 0.2) is 11.6 Å². The highest BCUT2D eigenvalue weighted by Crippen LogP contribution is 2.18. The molecule has 2 N–H and O–H groups in total. The van der Waals surface area contributed by atoms with Gasteiger partial charge in [-0.25, -0.2) is 4.98 Å². The molecule has 0 saturated carbocycles. The fourth-order valence-electron chi connectivity index (χ4n) is 1.75. The first kappa shape index (κ1) is 12.4. The summed E-state index contributed by atoms with van der Waals surface area (Å²) in [7, 11) is 0. The van der Waals surface area contributed by atoms with Gasteiger partial charge < -0.3 is 10.5 Å². The minimum absolute atomic E-state index is 0.413. The molecule has 5 nitrogen and oxygen atoms in total. The van der Waals surface area contributed by atoms with Gasteiger partial charge in [-0.15, -0.1) is 0 Å². The van der Waals surface area contributed by atoms with Crippen molar-refractivity contribution >= 4 is 5.82 Å². The molecule has 0 saturated heterocycles. The van der Waals surface area contributed by atoms with Crippen LogP contribution in [0, 0.1) is 0 Å². The van der Waals surface area contributed by atoms with Crippen molar-refractivity contribution in [2.24, 2.45) is 0 Å². The van der Waals surface area contributed by atoms with Crippen LogP contribution in [-0.2, 0) is 19.6 Å². The zero-order valence-corrected chi connectivity index (χ0v) is 10.8. The predicted octanol–water partition coefficient (Wildman–Crippen LogP) is 2.02. The molecule has 0 aliphatic rings. The number of aromatic nitrogens is 3. The van der Waals surface area contributed by atoms with E-state index in [2.05, 4.69) is 30.0 Å². The summed E-state index contributed by atoms with van der Waals surface area (Å²) >= 11 is 0. The lowest BCUT2D eigenvalue weighted by atomic mass is 10.3. The van der Waals surface area contributed by atoms with Crippen LogP contribution in [0.5, 0.6) is 5.75 Å². The average molecular weight is 246 g/mol. The molecule has 0 aromatic carbocycles. The normalized spacial score (nSPS) is 10.6. The zero-order chi connectivity index (χ0) is 13.0. The lowest BCUT2D eigenvalue weighted by Crippen LogP contribution is -2.07. The highest BCUT2D eigenvalue weighted by molar-refractivity contribution is 5.44. The first-order valence-electron chi connectivity index (χ1n) is 6.13. The summed E-state index contributed by atoms with van der Waals surface area (Å²) in [6.07, 6.45) is 2.57. The molecular formula is C13H18N4O. The number of aryl methyl sites for hydroxylation is 2. The molecule has 2 aromatic rings. The molecule has 0 aliphatic heterocycles. The molecule has 18 heavy (non-hydrogen) atoms. The van der Waals surface area contributed by atoms with E-state index < -0.39 is 0 Å². The monoisotopic (exact) mass is 246 g/mol. The number of nitrogen functional groups attached to an aromatic ring is 1. The largest absolute Gasteiger partial charge is 0.483 e. The summed E-state index contributed by atoms with van der Waals surface area (Å²) in [5.74, 6) is 1.02. The van der Waals surface area contributed by atoms with Gasteiger partial charge in [-0.3, -0.25) is 4.68 Å². The van der Waals surface area contributed by atoms with Crippen molar-refractivity contribution in [2.45, 2.75) is 33.4 Å². The highest BCUT2D eigenvalue weighted by Gasteiger charge is 2.07. The van der Waals surface area contributed by atoms with Crippen LogP contribution in [0.3, 0.4) is 0 Å². The molecule has 96 valence electrons. The van der Waals surface area contributed by atoms with Crippen molar-refractivity contribution in [2.75, 3.05) is 5.73 Å². The fraction of sp³-hybridized carbons (Fsp3) is 0.385. The van der Waals surface area contributed by atoms with Crippen molar-refractivity contribution in [1.29, 1.82) is 0 Å². The molecule has 0 bridgehead atoms. The minimum Gasteiger partial charge on any atom is -0.483 e. The molecule has 2 rings (SSSR count). The maximum atomic E-state index is 5.73. The van der Waals surface area contributed by atoms with Crippen LogP contribution < -0.4 is 10.5 Å². The van der Waals surface area contributed by atoms with Crippen molar-refractivity contribution < 1.29 is 4.74 Å². The van der Waals surface area contributed by atoms with Gasteiger partial charge in [0.05, 0.1) is 11.4 Å². The Morgan fingerprint density at radius 1 is 1.39 bits per heavy atom. The second-order valence-electron chi connectivity index (χ2n) is 3.97. The van der Waals surface area contributed by atoms with E-state index in [4.69, 9.17) is 10.5 Å². The molecule has 0 amide bonds. The van der Waals surface area contributed by atoms with Crippen LogP contribution in [0.1, 0.15) is 25.2 Å². The molecule has 0 fully saturated rings. The summed E-state index contributed by atoms with van der Waals surface area (Å²) in [6.45, 7) is 5.44. The molecule has 0 radical (unpaired) electrons. The first-order chi connectivity index (χ1) is 8.74. The molecule has 2 heterocycles. The second-order valence-corrected chi connectivity index (χ2v) is 3.97. The second kappa shape index (κ2) is 5.53. The van der Waals surface area contributed by atoms with Gasteiger partial charge in [0.1, 0.15) is 6.61 Å². The third kappa shape index (κ3) is 2.61. The smallest absolute Gasteiger partial charge is 0.166 e. The van der Waals surface area contributed by atoms with Gasteiger partial charge in [0.2, 0.25) is 0 Å². The number of pyridine rings is 1. The van der Waals surface area contributed by atoms with Gasteiger partial charge in [-0.1, -0.05) is 6.92 Å². The predicted molar refractivity (Wildman–Crippen MR) is 70.3 cm³/mol. The molecule has 5 heteroatoms. The minimum atomic E-state index is 0.413. The Balaban J connectivity index is 2.10. The number of hydrogen-bond acceptors (Lipinski definition) is 4. The SMILES string of the molecule is CCc1cc(COc2cccnc2N)n(CC)n1. The van der Waals surface area contributed by atoms with E-state index in [1.54, 1.807) is 12.3 Å². The van der Waals surface area contributed by atoms with E-state index in [1.165, 1.54) is 0 Å². The molecule has 0 spiro atoms. The molecule has 0 unspecified atom stereocenters. The highest BCUT2D eigenvalue weighted by atomic mass is 16.5. The van der Waals surface area contributed by atoms with Crippen LogP contribution in [0.2, 0.25) is 0 Å². The number of nitrogens with zero attached hydrogens (tertiary/aromatic N) is 3. The third-order valence-corrected chi connectivity index (χ3v) is 2.75. The number of nitrogens with two attached hydrogens (primary N) is 1. The maximum Gasteiger partial charge on any atom is 0.166 e. The van der Waals surface area contributed by atoms with Gasteiger partial charge >= 0.3 is 0 Å². The average Bonchev–Trinajstić information content (AvgIpc) is 2.80. The number of ether oxygens (including phenoxy) is 1. The number of rotatable bonds is 5. The fourth-order valence-corrected chi connectivity index (χ4v) is 1.75. The molecular weight excluding hydrogens is 228 g/mol. The first-order valence-corrected chi connectivity index (χ1v) is 6.13. The topological polar surface area (TPSA) is 66.0 Å². The molecule has 0 aliphatic carbocycles. The lowest BCUT2D eigenvalue weighted by Gasteiger charge is -2.08. The standard InChI is InChI=1S/C13H18N4O/c1-3-10-8-11(17(4-2)16-10)9-18-12-6-5-7-15-13(12)14/h5-8H,3-4,9H2,1-2H3,(H2,14,15). The van der Waals surface area contributed by atoms with Crippen LogP contribution in [0.15, 0.2) is 24.4 Å².